The van der Waals surface area contributed by atoms with Crippen molar-refractivity contribution in [3.05, 3.63) is 0 Å². The van der Waals surface area contributed by atoms with Crippen LogP contribution in [-0.2, 0) is 14.9 Å². The van der Waals surface area contributed by atoms with Crippen molar-refractivity contribution in [1.82, 2.24) is 0 Å². The highest BCUT2D eigenvalue weighted by Crippen LogP contribution is 1.92. The van der Waals surface area contributed by atoms with E-state index < -0.39 is 22.3 Å². The standard InChI is InChI=1S/C3H7ClO5S/c4-1-3(5)9-2-10(6,7)8/h3,5H,1-2H2,(H,6,7,8)/p-1. The van der Waals surface area contributed by atoms with E-state index in [1.54, 1.807) is 0 Å². The van der Waals surface area contributed by atoms with Gasteiger partial charge in [0.15, 0.2) is 6.29 Å². The van der Waals surface area contributed by atoms with Gasteiger partial charge in [0, 0.05) is 0 Å². The van der Waals surface area contributed by atoms with Crippen molar-refractivity contribution >= 4 is 21.7 Å². The van der Waals surface area contributed by atoms with Gasteiger partial charge in [-0.05, 0) is 0 Å². The quantitative estimate of drug-likeness (QED) is 0.351. The summed E-state index contributed by atoms with van der Waals surface area (Å²) in [4.78, 5) is 0. The van der Waals surface area contributed by atoms with E-state index in [4.69, 9.17) is 16.7 Å². The third kappa shape index (κ3) is 6.24. The highest BCUT2D eigenvalue weighted by atomic mass is 35.5. The lowest BCUT2D eigenvalue weighted by atomic mass is 10.8. The minimum absolute atomic E-state index is 0.268. The molecular weight excluding hydrogens is 184 g/mol. The molecule has 0 aromatic heterocycles. The predicted octanol–water partition coefficient (Wildman–Crippen LogP) is -0.937. The van der Waals surface area contributed by atoms with Gasteiger partial charge in [0.05, 0.1) is 5.88 Å². The summed E-state index contributed by atoms with van der Waals surface area (Å²) in [6.07, 6.45) is -1.40. The second-order valence-corrected chi connectivity index (χ2v) is 3.11. The number of hydrogen-bond acceptors (Lipinski definition) is 5. The highest BCUT2D eigenvalue weighted by molar-refractivity contribution is 7.85. The summed E-state index contributed by atoms with van der Waals surface area (Å²) in [5.41, 5.74) is 0. The lowest BCUT2D eigenvalue weighted by Crippen LogP contribution is -2.18. The summed E-state index contributed by atoms with van der Waals surface area (Å²) in [5.74, 6) is -1.32. The molecule has 0 saturated carbocycles. The van der Waals surface area contributed by atoms with Gasteiger partial charge < -0.3 is 14.4 Å². The van der Waals surface area contributed by atoms with E-state index in [9.17, 15) is 13.0 Å². The van der Waals surface area contributed by atoms with Gasteiger partial charge in [-0.3, -0.25) is 0 Å². The number of rotatable bonds is 4. The van der Waals surface area contributed by atoms with Gasteiger partial charge in [-0.15, -0.1) is 11.6 Å². The van der Waals surface area contributed by atoms with Gasteiger partial charge >= 0.3 is 0 Å². The van der Waals surface area contributed by atoms with Gasteiger partial charge in [0.25, 0.3) is 0 Å². The molecular formula is C3H6ClO5S-. The molecule has 0 bridgehead atoms. The third-order valence-electron chi connectivity index (χ3n) is 0.537. The van der Waals surface area contributed by atoms with Crippen molar-refractivity contribution in [2.45, 2.75) is 6.29 Å². The van der Waals surface area contributed by atoms with Gasteiger partial charge in [-0.25, -0.2) is 8.42 Å². The van der Waals surface area contributed by atoms with Crippen LogP contribution in [0.25, 0.3) is 0 Å². The average Bonchev–Trinajstić information content (AvgIpc) is 1.81. The van der Waals surface area contributed by atoms with E-state index in [2.05, 4.69) is 4.74 Å². The fourth-order valence-electron chi connectivity index (χ4n) is 0.206. The zero-order chi connectivity index (χ0) is 8.20. The summed E-state index contributed by atoms with van der Waals surface area (Å²) in [6.45, 7) is 0. The van der Waals surface area contributed by atoms with Crippen molar-refractivity contribution in [2.24, 2.45) is 0 Å². The maximum Gasteiger partial charge on any atom is 0.169 e. The minimum atomic E-state index is -4.42. The van der Waals surface area contributed by atoms with Crippen molar-refractivity contribution in [3.63, 3.8) is 0 Å². The van der Waals surface area contributed by atoms with Crippen molar-refractivity contribution < 1.29 is 22.8 Å². The number of aliphatic hydroxyl groups excluding tert-OH is 1. The Morgan fingerprint density at radius 1 is 1.70 bits per heavy atom. The molecule has 0 saturated heterocycles. The van der Waals surface area contributed by atoms with Crippen LogP contribution in [0.1, 0.15) is 0 Å². The van der Waals surface area contributed by atoms with Crippen molar-refractivity contribution in [2.75, 3.05) is 11.8 Å². The van der Waals surface area contributed by atoms with Gasteiger partial charge in [-0.1, -0.05) is 0 Å². The molecule has 0 heterocycles. The Kier molecular flexibility index (Phi) is 4.14. The molecule has 0 aliphatic carbocycles. The Morgan fingerprint density at radius 2 is 2.20 bits per heavy atom. The fraction of sp³-hybridized carbons (Fsp3) is 1.00. The first-order valence-electron chi connectivity index (χ1n) is 2.25. The SMILES string of the molecule is O=S(=O)([O-])COC(O)CCl. The number of hydrogen-bond donors (Lipinski definition) is 1. The van der Waals surface area contributed by atoms with Gasteiger partial charge in [-0.2, -0.15) is 0 Å². The number of halogens is 1. The lowest BCUT2D eigenvalue weighted by molar-refractivity contribution is -0.0660. The smallest absolute Gasteiger partial charge is 0.169 e. The van der Waals surface area contributed by atoms with Crippen LogP contribution in [0.3, 0.4) is 0 Å². The maximum atomic E-state index is 9.82. The number of ether oxygens (including phenoxy) is 1. The molecule has 0 aliphatic heterocycles. The molecule has 1 unspecified atom stereocenters. The van der Waals surface area contributed by atoms with Crippen LogP contribution in [0.15, 0.2) is 0 Å². The molecule has 5 nitrogen and oxygen atoms in total. The molecule has 0 radical (unpaired) electrons. The van der Waals surface area contributed by atoms with E-state index in [1.807, 2.05) is 0 Å². The summed E-state index contributed by atoms with van der Waals surface area (Å²) < 4.78 is 33.5. The molecule has 10 heavy (non-hydrogen) atoms. The molecule has 0 aromatic rings. The van der Waals surface area contributed by atoms with E-state index >= 15 is 0 Å². The Bertz CT molecular complexity index is 175. The van der Waals surface area contributed by atoms with Crippen LogP contribution in [-0.4, -0.2) is 36.2 Å². The lowest BCUT2D eigenvalue weighted by Gasteiger charge is -2.10. The molecule has 0 fully saturated rings. The first-order valence-corrected chi connectivity index (χ1v) is 4.36. The Labute approximate surface area is 63.3 Å². The normalized spacial score (nSPS) is 15.1. The topological polar surface area (TPSA) is 86.7 Å². The number of aliphatic hydroxyl groups is 1. The molecule has 62 valence electrons. The van der Waals surface area contributed by atoms with Crippen LogP contribution in [0.2, 0.25) is 0 Å². The number of alkyl halides is 1. The Morgan fingerprint density at radius 3 is 2.50 bits per heavy atom. The largest absolute Gasteiger partial charge is 0.746 e. The van der Waals surface area contributed by atoms with Crippen LogP contribution in [0, 0.1) is 0 Å². The molecule has 1 N–H and O–H groups in total. The highest BCUT2D eigenvalue weighted by Gasteiger charge is 2.02. The second kappa shape index (κ2) is 4.09. The summed E-state index contributed by atoms with van der Waals surface area (Å²) in [6, 6.07) is 0. The zero-order valence-electron chi connectivity index (χ0n) is 4.86. The van der Waals surface area contributed by atoms with Gasteiger partial charge in [0.1, 0.15) is 16.1 Å². The van der Waals surface area contributed by atoms with Crippen LogP contribution < -0.4 is 0 Å². The van der Waals surface area contributed by atoms with E-state index in [0.717, 1.165) is 0 Å². The van der Waals surface area contributed by atoms with E-state index in [-0.39, 0.29) is 5.88 Å². The monoisotopic (exact) mass is 189 g/mol. The Balaban J connectivity index is 3.56. The summed E-state index contributed by atoms with van der Waals surface area (Å²) in [7, 11) is -4.42. The maximum absolute atomic E-state index is 9.82. The van der Waals surface area contributed by atoms with Crippen LogP contribution in [0.5, 0.6) is 0 Å². The predicted molar refractivity (Wildman–Crippen MR) is 32.4 cm³/mol. The van der Waals surface area contributed by atoms with E-state index in [0.29, 0.717) is 0 Å². The van der Waals surface area contributed by atoms with Crippen LogP contribution in [0.4, 0.5) is 0 Å². The van der Waals surface area contributed by atoms with E-state index in [1.165, 1.54) is 0 Å². The minimum Gasteiger partial charge on any atom is -0.746 e. The summed E-state index contributed by atoms with van der Waals surface area (Å²) >= 11 is 5.01. The van der Waals surface area contributed by atoms with Crippen molar-refractivity contribution in [1.29, 1.82) is 0 Å². The zero-order valence-corrected chi connectivity index (χ0v) is 6.43. The first-order chi connectivity index (χ1) is 4.45. The molecule has 0 spiro atoms. The van der Waals surface area contributed by atoms with Crippen molar-refractivity contribution in [3.8, 4) is 0 Å². The average molecular weight is 190 g/mol. The Hall–Kier alpha value is 0.120. The molecule has 0 aromatic carbocycles. The molecule has 0 aliphatic rings. The first kappa shape index (κ1) is 10.1. The van der Waals surface area contributed by atoms with Crippen LogP contribution >= 0.6 is 11.6 Å². The molecule has 1 atom stereocenters. The summed E-state index contributed by atoms with van der Waals surface area (Å²) in [5, 5.41) is 8.46. The van der Waals surface area contributed by atoms with Gasteiger partial charge in [0.2, 0.25) is 0 Å². The second-order valence-electron chi connectivity index (χ2n) is 1.45. The molecule has 0 amide bonds. The fourth-order valence-corrected chi connectivity index (χ4v) is 0.619. The third-order valence-corrected chi connectivity index (χ3v) is 1.23. The molecule has 0 rings (SSSR count). The molecule has 7 heteroatoms.